The molecule has 0 aliphatic heterocycles. The van der Waals surface area contributed by atoms with Crippen LogP contribution in [0.2, 0.25) is 0 Å². The van der Waals surface area contributed by atoms with E-state index in [1.807, 2.05) is 6.20 Å². The lowest BCUT2D eigenvalue weighted by atomic mass is 10.1. The normalized spacial score (nSPS) is 13.9. The average molecular weight is 153 g/mol. The van der Waals surface area contributed by atoms with Gasteiger partial charge in [-0.1, -0.05) is 33.8 Å². The van der Waals surface area contributed by atoms with Crippen LogP contribution in [0.3, 0.4) is 0 Å². The Balaban J connectivity index is 3.91. The molecule has 1 nitrogen and oxygen atoms in total. The van der Waals surface area contributed by atoms with Crippen molar-refractivity contribution in [1.82, 2.24) is 0 Å². The second-order valence-electron chi connectivity index (χ2n) is 3.51. The van der Waals surface area contributed by atoms with Gasteiger partial charge in [-0.15, -0.1) is 0 Å². The van der Waals surface area contributed by atoms with Crippen LogP contribution in [0, 0.1) is 11.8 Å². The summed E-state index contributed by atoms with van der Waals surface area (Å²) in [6.07, 6.45) is 4.01. The summed E-state index contributed by atoms with van der Waals surface area (Å²) in [7, 11) is 0. The maximum Gasteiger partial charge on any atom is 0.0229 e. The summed E-state index contributed by atoms with van der Waals surface area (Å²) in [4.78, 5) is 4.30. The molecule has 0 rings (SSSR count). The lowest BCUT2D eigenvalue weighted by molar-refractivity contribution is 0.827. The van der Waals surface area contributed by atoms with Gasteiger partial charge in [0.05, 0.1) is 0 Å². The highest BCUT2D eigenvalue weighted by molar-refractivity contribution is 5.84. The molecule has 0 aliphatic carbocycles. The van der Waals surface area contributed by atoms with Gasteiger partial charge in [0.25, 0.3) is 0 Å². The second-order valence-corrected chi connectivity index (χ2v) is 3.51. The van der Waals surface area contributed by atoms with E-state index in [0.717, 1.165) is 0 Å². The minimum Gasteiger partial charge on any atom is -0.266 e. The fourth-order valence-electron chi connectivity index (χ4n) is 0.482. The zero-order valence-corrected chi connectivity index (χ0v) is 8.26. The Hall–Kier alpha value is -0.590. The molecule has 0 aliphatic rings. The Morgan fingerprint density at radius 2 is 1.73 bits per heavy atom. The van der Waals surface area contributed by atoms with Crippen LogP contribution in [0.4, 0.5) is 0 Å². The topological polar surface area (TPSA) is 12.4 Å². The number of hydrogen-bond acceptors (Lipinski definition) is 1. The first-order valence-corrected chi connectivity index (χ1v) is 4.25. The van der Waals surface area contributed by atoms with Gasteiger partial charge in [0.2, 0.25) is 0 Å². The van der Waals surface area contributed by atoms with Crippen molar-refractivity contribution in [2.24, 2.45) is 16.8 Å². The van der Waals surface area contributed by atoms with E-state index < -0.39 is 0 Å². The molecule has 0 aromatic heterocycles. The minimum atomic E-state index is 0.562. The summed E-state index contributed by atoms with van der Waals surface area (Å²) in [5.41, 5.74) is 1.20. The number of nitrogens with zero attached hydrogens (tertiary/aromatic N) is 1. The predicted octanol–water partition coefficient (Wildman–Crippen LogP) is 3.27. The van der Waals surface area contributed by atoms with E-state index in [1.165, 1.54) is 5.71 Å². The third-order valence-electron chi connectivity index (χ3n) is 1.58. The molecule has 1 heteroatoms. The highest BCUT2D eigenvalue weighted by atomic mass is 14.7. The Kier molecular flexibility index (Phi) is 4.84. The number of rotatable bonds is 3. The van der Waals surface area contributed by atoms with E-state index in [0.29, 0.717) is 11.8 Å². The highest BCUT2D eigenvalue weighted by Gasteiger charge is 1.94. The molecule has 0 spiro atoms. The summed E-state index contributed by atoms with van der Waals surface area (Å²) in [5.74, 6) is 1.16. The molecule has 0 saturated heterocycles. The largest absolute Gasteiger partial charge is 0.266 e. The monoisotopic (exact) mass is 153 g/mol. The molecule has 0 bridgehead atoms. The van der Waals surface area contributed by atoms with Gasteiger partial charge in [0, 0.05) is 11.9 Å². The van der Waals surface area contributed by atoms with Crippen molar-refractivity contribution in [3.63, 3.8) is 0 Å². The van der Waals surface area contributed by atoms with Crippen LogP contribution >= 0.6 is 0 Å². The molecule has 0 saturated carbocycles. The van der Waals surface area contributed by atoms with Gasteiger partial charge in [-0.2, -0.15) is 0 Å². The third-order valence-corrected chi connectivity index (χ3v) is 1.58. The summed E-state index contributed by atoms with van der Waals surface area (Å²) >= 11 is 0. The summed E-state index contributed by atoms with van der Waals surface area (Å²) < 4.78 is 0. The average Bonchev–Trinajstić information content (AvgIpc) is 1.86. The lowest BCUT2D eigenvalue weighted by Gasteiger charge is -2.00. The first-order chi connectivity index (χ1) is 5.04. The van der Waals surface area contributed by atoms with Crippen molar-refractivity contribution in [2.45, 2.75) is 34.6 Å². The zero-order valence-electron chi connectivity index (χ0n) is 8.26. The van der Waals surface area contributed by atoms with E-state index in [4.69, 9.17) is 0 Å². The van der Waals surface area contributed by atoms with Gasteiger partial charge in [0.1, 0.15) is 0 Å². The van der Waals surface area contributed by atoms with Gasteiger partial charge in [-0.3, -0.25) is 4.99 Å². The molecule has 0 radical (unpaired) electrons. The van der Waals surface area contributed by atoms with Gasteiger partial charge >= 0.3 is 0 Å². The van der Waals surface area contributed by atoms with Gasteiger partial charge < -0.3 is 0 Å². The van der Waals surface area contributed by atoms with Crippen LogP contribution in [0.25, 0.3) is 0 Å². The molecule has 11 heavy (non-hydrogen) atoms. The molecule has 0 N–H and O–H groups in total. The smallest absolute Gasteiger partial charge is 0.0229 e. The van der Waals surface area contributed by atoms with Crippen LogP contribution < -0.4 is 0 Å². The molecule has 0 heterocycles. The lowest BCUT2D eigenvalue weighted by Crippen LogP contribution is -2.00. The van der Waals surface area contributed by atoms with Crippen molar-refractivity contribution in [3.05, 3.63) is 12.3 Å². The summed E-state index contributed by atoms with van der Waals surface area (Å²) in [5, 5.41) is 0. The molecule has 0 aromatic rings. The third kappa shape index (κ3) is 5.84. The first kappa shape index (κ1) is 10.4. The first-order valence-electron chi connectivity index (χ1n) is 4.25. The van der Waals surface area contributed by atoms with Crippen LogP contribution in [-0.2, 0) is 0 Å². The molecular formula is C10H19N. The van der Waals surface area contributed by atoms with Crippen molar-refractivity contribution >= 4 is 5.71 Å². The highest BCUT2D eigenvalue weighted by Crippen LogP contribution is 1.98. The SMILES string of the molecule is CC(=N/C=C\C(C)C)C(C)C. The molecular weight excluding hydrogens is 134 g/mol. The van der Waals surface area contributed by atoms with Crippen molar-refractivity contribution in [1.29, 1.82) is 0 Å². The Labute approximate surface area is 70.2 Å². The van der Waals surface area contributed by atoms with E-state index in [1.54, 1.807) is 0 Å². The maximum absolute atomic E-state index is 4.30. The Bertz CT molecular complexity index is 152. The second kappa shape index (κ2) is 5.11. The molecule has 64 valence electrons. The number of hydrogen-bond donors (Lipinski definition) is 0. The van der Waals surface area contributed by atoms with Gasteiger partial charge in [-0.05, 0) is 18.8 Å². The number of allylic oxidation sites excluding steroid dienone is 1. The summed E-state index contributed by atoms with van der Waals surface area (Å²) in [6.45, 7) is 10.7. The Morgan fingerprint density at radius 1 is 1.18 bits per heavy atom. The quantitative estimate of drug-likeness (QED) is 0.552. The van der Waals surface area contributed by atoms with Crippen LogP contribution in [0.5, 0.6) is 0 Å². The van der Waals surface area contributed by atoms with Gasteiger partial charge in [-0.25, -0.2) is 0 Å². The Morgan fingerprint density at radius 3 is 2.09 bits per heavy atom. The van der Waals surface area contributed by atoms with E-state index in [9.17, 15) is 0 Å². The molecule has 0 atom stereocenters. The van der Waals surface area contributed by atoms with E-state index >= 15 is 0 Å². The minimum absolute atomic E-state index is 0.562. The summed E-state index contributed by atoms with van der Waals surface area (Å²) in [6, 6.07) is 0. The fourth-order valence-corrected chi connectivity index (χ4v) is 0.482. The van der Waals surface area contributed by atoms with Crippen LogP contribution in [0.1, 0.15) is 34.6 Å². The van der Waals surface area contributed by atoms with Crippen molar-refractivity contribution < 1.29 is 0 Å². The maximum atomic E-state index is 4.30. The van der Waals surface area contributed by atoms with Crippen LogP contribution in [-0.4, -0.2) is 5.71 Å². The molecule has 0 aromatic carbocycles. The van der Waals surface area contributed by atoms with Crippen molar-refractivity contribution in [2.75, 3.05) is 0 Å². The van der Waals surface area contributed by atoms with Crippen LogP contribution in [0.15, 0.2) is 17.3 Å². The molecule has 0 fully saturated rings. The fraction of sp³-hybridized carbons (Fsp3) is 0.700. The molecule has 0 amide bonds. The van der Waals surface area contributed by atoms with Gasteiger partial charge in [0.15, 0.2) is 0 Å². The predicted molar refractivity (Wildman–Crippen MR) is 51.9 cm³/mol. The molecule has 0 unspecified atom stereocenters. The standard InChI is InChI=1S/C10H19N/c1-8(2)6-7-11-10(5)9(3)4/h6-9H,1-5H3/b7-6-,11-10?. The zero-order chi connectivity index (χ0) is 8.85. The van der Waals surface area contributed by atoms with E-state index in [-0.39, 0.29) is 0 Å². The number of aliphatic imine (C=N–C) groups is 1. The van der Waals surface area contributed by atoms with E-state index in [2.05, 4.69) is 45.7 Å². The van der Waals surface area contributed by atoms with Crippen molar-refractivity contribution in [3.8, 4) is 0 Å².